The monoisotopic (exact) mass is 443 g/mol. The van der Waals surface area contributed by atoms with E-state index in [1.54, 1.807) is 12.0 Å². The summed E-state index contributed by atoms with van der Waals surface area (Å²) in [6.07, 6.45) is -0.296. The van der Waals surface area contributed by atoms with E-state index in [1.165, 1.54) is 0 Å². The molecule has 1 aromatic heterocycles. The Morgan fingerprint density at radius 2 is 1.91 bits per heavy atom. The van der Waals surface area contributed by atoms with Crippen molar-refractivity contribution in [3.63, 3.8) is 0 Å². The van der Waals surface area contributed by atoms with Crippen molar-refractivity contribution >= 4 is 12.1 Å². The summed E-state index contributed by atoms with van der Waals surface area (Å²) in [5.74, 6) is 3.11. The molecule has 1 aromatic carbocycles. The highest BCUT2D eigenvalue weighted by atomic mass is 16.6. The number of benzene rings is 1. The Labute approximate surface area is 189 Å². The standard InChI is InChI=1S/C22H33N7O3/c1-15-26-27-19(28(15)5)12-24-20(23-11-16-7-9-18(31-6)10-8-16)25-17-13-29(14-17)21(30)32-22(2,3)4/h7-10,17H,11-14H2,1-6H3,(H2,23,24,25). The fourth-order valence-corrected chi connectivity index (χ4v) is 3.06. The van der Waals surface area contributed by atoms with Gasteiger partial charge in [-0.3, -0.25) is 0 Å². The molecule has 2 aromatic rings. The number of carbonyl (C=O) groups excluding carboxylic acids is 1. The van der Waals surface area contributed by atoms with Gasteiger partial charge in [-0.2, -0.15) is 0 Å². The van der Waals surface area contributed by atoms with E-state index < -0.39 is 5.60 Å². The molecule has 0 aliphatic carbocycles. The van der Waals surface area contributed by atoms with Crippen LogP contribution in [0.1, 0.15) is 38.0 Å². The fraction of sp³-hybridized carbons (Fsp3) is 0.545. The van der Waals surface area contributed by atoms with Gasteiger partial charge in [0.2, 0.25) is 0 Å². The van der Waals surface area contributed by atoms with Crippen LogP contribution in [0.3, 0.4) is 0 Å². The Kier molecular flexibility index (Phi) is 7.22. The molecular formula is C22H33N7O3. The molecule has 1 aliphatic heterocycles. The van der Waals surface area contributed by atoms with Crippen molar-refractivity contribution in [1.82, 2.24) is 30.3 Å². The Morgan fingerprint density at radius 1 is 1.22 bits per heavy atom. The van der Waals surface area contributed by atoms with Gasteiger partial charge in [0, 0.05) is 20.1 Å². The third-order valence-corrected chi connectivity index (χ3v) is 5.05. The highest BCUT2D eigenvalue weighted by Gasteiger charge is 2.34. The molecule has 1 amide bonds. The van der Waals surface area contributed by atoms with E-state index in [0.29, 0.717) is 32.1 Å². The van der Waals surface area contributed by atoms with Crippen molar-refractivity contribution in [3.05, 3.63) is 41.5 Å². The number of ether oxygens (including phenoxy) is 2. The van der Waals surface area contributed by atoms with Crippen LogP contribution < -0.4 is 15.4 Å². The largest absolute Gasteiger partial charge is 0.497 e. The van der Waals surface area contributed by atoms with Gasteiger partial charge in [0.25, 0.3) is 0 Å². The number of carbonyl (C=O) groups is 1. The second-order valence-corrected chi connectivity index (χ2v) is 8.82. The van der Waals surface area contributed by atoms with E-state index >= 15 is 0 Å². The molecule has 1 aliphatic rings. The molecular weight excluding hydrogens is 410 g/mol. The molecule has 1 saturated heterocycles. The maximum atomic E-state index is 12.2. The lowest BCUT2D eigenvalue weighted by atomic mass is 10.1. The molecule has 32 heavy (non-hydrogen) atoms. The first-order chi connectivity index (χ1) is 15.1. The van der Waals surface area contributed by atoms with Crippen LogP contribution in [0.4, 0.5) is 4.79 Å². The van der Waals surface area contributed by atoms with E-state index in [9.17, 15) is 4.79 Å². The zero-order valence-corrected chi connectivity index (χ0v) is 19.7. The average molecular weight is 444 g/mol. The molecule has 174 valence electrons. The lowest BCUT2D eigenvalue weighted by Gasteiger charge is -2.40. The summed E-state index contributed by atoms with van der Waals surface area (Å²) >= 11 is 0. The fourth-order valence-electron chi connectivity index (χ4n) is 3.06. The van der Waals surface area contributed by atoms with Crippen molar-refractivity contribution < 1.29 is 14.3 Å². The number of amides is 1. The van der Waals surface area contributed by atoms with Crippen molar-refractivity contribution in [3.8, 4) is 5.75 Å². The minimum Gasteiger partial charge on any atom is -0.497 e. The smallest absolute Gasteiger partial charge is 0.410 e. The first kappa shape index (κ1) is 23.4. The second-order valence-electron chi connectivity index (χ2n) is 8.82. The van der Waals surface area contributed by atoms with Gasteiger partial charge in [0.05, 0.1) is 26.2 Å². The molecule has 1 fully saturated rings. The minimum atomic E-state index is -0.504. The quantitative estimate of drug-likeness (QED) is 0.519. The summed E-state index contributed by atoms with van der Waals surface area (Å²) in [6, 6.07) is 7.89. The van der Waals surface area contributed by atoms with E-state index in [1.807, 2.05) is 63.6 Å². The highest BCUT2D eigenvalue weighted by Crippen LogP contribution is 2.15. The normalized spacial score (nSPS) is 14.7. The number of guanidine groups is 1. The van der Waals surface area contributed by atoms with Crippen molar-refractivity contribution in [1.29, 1.82) is 0 Å². The van der Waals surface area contributed by atoms with E-state index in [2.05, 4.69) is 20.8 Å². The van der Waals surface area contributed by atoms with E-state index in [0.717, 1.165) is 23.0 Å². The van der Waals surface area contributed by atoms with Gasteiger partial charge in [-0.25, -0.2) is 9.79 Å². The van der Waals surface area contributed by atoms with Crippen molar-refractivity contribution in [2.45, 2.75) is 52.4 Å². The summed E-state index contributed by atoms with van der Waals surface area (Å²) < 4.78 is 12.6. The van der Waals surface area contributed by atoms with Gasteiger partial charge in [0.15, 0.2) is 11.8 Å². The third kappa shape index (κ3) is 6.35. The molecule has 0 saturated carbocycles. The van der Waals surface area contributed by atoms with Crippen molar-refractivity contribution in [2.75, 3.05) is 20.2 Å². The van der Waals surface area contributed by atoms with Crippen LogP contribution in [0.2, 0.25) is 0 Å². The van der Waals surface area contributed by atoms with Crippen LogP contribution in [0.25, 0.3) is 0 Å². The molecule has 2 N–H and O–H groups in total. The molecule has 10 nitrogen and oxygen atoms in total. The first-order valence-corrected chi connectivity index (χ1v) is 10.6. The summed E-state index contributed by atoms with van der Waals surface area (Å²) in [5, 5.41) is 15.0. The first-order valence-electron chi connectivity index (χ1n) is 10.6. The number of aliphatic imine (C=N–C) groups is 1. The van der Waals surface area contributed by atoms with Crippen LogP contribution in [-0.4, -0.2) is 63.6 Å². The van der Waals surface area contributed by atoms with Crippen LogP contribution in [0.5, 0.6) is 5.75 Å². The molecule has 3 rings (SSSR count). The van der Waals surface area contributed by atoms with E-state index in [4.69, 9.17) is 14.5 Å². The topological polar surface area (TPSA) is 106 Å². The van der Waals surface area contributed by atoms with Gasteiger partial charge < -0.3 is 29.6 Å². The maximum Gasteiger partial charge on any atom is 0.410 e. The zero-order chi connectivity index (χ0) is 23.3. The number of aryl methyl sites for hydroxylation is 1. The van der Waals surface area contributed by atoms with Crippen molar-refractivity contribution in [2.24, 2.45) is 12.0 Å². The van der Waals surface area contributed by atoms with Crippen LogP contribution in [-0.2, 0) is 24.9 Å². The number of hydrogen-bond donors (Lipinski definition) is 2. The summed E-state index contributed by atoms with van der Waals surface area (Å²) in [5.41, 5.74) is 0.557. The second kappa shape index (κ2) is 9.88. The van der Waals surface area contributed by atoms with Crippen LogP contribution in [0.15, 0.2) is 29.3 Å². The van der Waals surface area contributed by atoms with Gasteiger partial charge in [0.1, 0.15) is 17.2 Å². The van der Waals surface area contributed by atoms with Gasteiger partial charge >= 0.3 is 6.09 Å². The number of nitrogens with zero attached hydrogens (tertiary/aromatic N) is 5. The Morgan fingerprint density at radius 3 is 2.47 bits per heavy atom. The predicted octanol–water partition coefficient (Wildman–Crippen LogP) is 1.99. The van der Waals surface area contributed by atoms with Crippen LogP contribution in [0, 0.1) is 6.92 Å². The minimum absolute atomic E-state index is 0.0888. The molecule has 0 spiro atoms. The zero-order valence-electron chi connectivity index (χ0n) is 19.7. The molecule has 10 heteroatoms. The number of nitrogens with one attached hydrogen (secondary N) is 2. The molecule has 0 atom stereocenters. The lowest BCUT2D eigenvalue weighted by molar-refractivity contribution is 0.00700. The maximum absolute atomic E-state index is 12.2. The Hall–Kier alpha value is -3.30. The van der Waals surface area contributed by atoms with Gasteiger partial charge in [-0.05, 0) is 45.4 Å². The molecule has 0 bridgehead atoms. The van der Waals surface area contributed by atoms with E-state index in [-0.39, 0.29) is 12.1 Å². The molecule has 2 heterocycles. The summed E-state index contributed by atoms with van der Waals surface area (Å²) in [4.78, 5) is 18.6. The number of rotatable bonds is 6. The number of hydrogen-bond acceptors (Lipinski definition) is 6. The van der Waals surface area contributed by atoms with Gasteiger partial charge in [-0.15, -0.1) is 10.2 Å². The number of aromatic nitrogens is 3. The molecule has 0 radical (unpaired) electrons. The summed E-state index contributed by atoms with van der Waals surface area (Å²) in [6.45, 7) is 9.59. The summed E-state index contributed by atoms with van der Waals surface area (Å²) in [7, 11) is 3.57. The number of likely N-dealkylation sites (tertiary alicyclic amines) is 1. The van der Waals surface area contributed by atoms with Gasteiger partial charge in [-0.1, -0.05) is 12.1 Å². The lowest BCUT2D eigenvalue weighted by Crippen LogP contribution is -2.63. The molecule has 0 unspecified atom stereocenters. The Balaban J connectivity index is 1.61. The third-order valence-electron chi connectivity index (χ3n) is 5.05. The van der Waals surface area contributed by atoms with Crippen LogP contribution >= 0.6 is 0 Å². The Bertz CT molecular complexity index is 941. The highest BCUT2D eigenvalue weighted by molar-refractivity contribution is 5.80. The predicted molar refractivity (Wildman–Crippen MR) is 121 cm³/mol. The number of methoxy groups -OCH3 is 1. The average Bonchev–Trinajstić information content (AvgIpc) is 3.02. The SMILES string of the molecule is COc1ccc(CN=C(NCc2nnc(C)n2C)NC2CN(C(=O)OC(C)(C)C)C2)cc1.